The van der Waals surface area contributed by atoms with Crippen LogP contribution in [0.4, 0.5) is 0 Å². The third-order valence-electron chi connectivity index (χ3n) is 3.53. The minimum Gasteiger partial charge on any atom is -0.419 e. The molecule has 0 bridgehead atoms. The van der Waals surface area contributed by atoms with Crippen molar-refractivity contribution in [3.63, 3.8) is 0 Å². The van der Waals surface area contributed by atoms with Crippen molar-refractivity contribution >= 4 is 28.6 Å². The molecule has 0 aliphatic carbocycles. The van der Waals surface area contributed by atoms with E-state index < -0.39 is 17.7 Å². The van der Waals surface area contributed by atoms with Gasteiger partial charge in [-0.3, -0.25) is 0 Å². The summed E-state index contributed by atoms with van der Waals surface area (Å²) >= 11 is 1.33. The SMILES string of the molecule is CSC(=C1C(=O)OC(C)(C)OC1=O)c1ccc(C(C)(C)C)cc1. The highest BCUT2D eigenvalue weighted by Crippen LogP contribution is 2.35. The third kappa shape index (κ3) is 3.78. The fourth-order valence-electron chi connectivity index (χ4n) is 2.32. The van der Waals surface area contributed by atoms with Gasteiger partial charge in [0.05, 0.1) is 0 Å². The molecule has 1 saturated heterocycles. The minimum absolute atomic E-state index is 0.0396. The maximum atomic E-state index is 12.2. The summed E-state index contributed by atoms with van der Waals surface area (Å²) in [5.74, 6) is -2.51. The predicted octanol–water partition coefficient (Wildman–Crippen LogP) is 3.89. The Balaban J connectivity index is 2.46. The number of ether oxygens (including phenoxy) is 2. The first-order valence-electron chi connectivity index (χ1n) is 7.41. The van der Waals surface area contributed by atoms with Crippen molar-refractivity contribution in [1.82, 2.24) is 0 Å². The van der Waals surface area contributed by atoms with E-state index in [1.54, 1.807) is 0 Å². The number of rotatable bonds is 2. The van der Waals surface area contributed by atoms with Gasteiger partial charge in [0.2, 0.25) is 0 Å². The molecule has 0 amide bonds. The number of hydrogen-bond acceptors (Lipinski definition) is 5. The molecule has 4 nitrogen and oxygen atoms in total. The maximum Gasteiger partial charge on any atom is 0.350 e. The standard InChI is InChI=1S/C18H22O4S/c1-17(2,3)12-9-7-11(8-10-12)14(23-6)13-15(19)21-18(4,5)22-16(13)20/h7-10H,1-6H3. The molecule has 1 aliphatic rings. The molecular formula is C18H22O4S. The molecule has 1 aromatic rings. The lowest BCUT2D eigenvalue weighted by molar-refractivity contribution is -0.222. The molecule has 2 rings (SSSR count). The number of hydrogen-bond donors (Lipinski definition) is 0. The van der Waals surface area contributed by atoms with Crippen LogP contribution < -0.4 is 0 Å². The van der Waals surface area contributed by atoms with Crippen LogP contribution in [0.3, 0.4) is 0 Å². The van der Waals surface area contributed by atoms with E-state index in [-0.39, 0.29) is 11.0 Å². The Morgan fingerprint density at radius 2 is 1.48 bits per heavy atom. The summed E-state index contributed by atoms with van der Waals surface area (Å²) in [4.78, 5) is 25.0. The Labute approximate surface area is 141 Å². The number of carbonyl (C=O) groups is 2. The van der Waals surface area contributed by atoms with Gasteiger partial charge in [-0.25, -0.2) is 9.59 Å². The Morgan fingerprint density at radius 3 is 1.87 bits per heavy atom. The Hall–Kier alpha value is -1.75. The van der Waals surface area contributed by atoms with E-state index >= 15 is 0 Å². The van der Waals surface area contributed by atoms with Crippen LogP contribution in [0, 0.1) is 0 Å². The van der Waals surface area contributed by atoms with Gasteiger partial charge in [0, 0.05) is 18.8 Å². The molecule has 0 saturated carbocycles. The summed E-state index contributed by atoms with van der Waals surface area (Å²) in [5, 5.41) is 0. The van der Waals surface area contributed by atoms with Crippen LogP contribution >= 0.6 is 11.8 Å². The molecule has 1 fully saturated rings. The van der Waals surface area contributed by atoms with E-state index in [9.17, 15) is 9.59 Å². The van der Waals surface area contributed by atoms with E-state index in [1.807, 2.05) is 30.5 Å². The number of benzene rings is 1. The first kappa shape index (κ1) is 17.6. The first-order valence-corrected chi connectivity index (χ1v) is 8.63. The molecule has 1 aliphatic heterocycles. The lowest BCUT2D eigenvalue weighted by Crippen LogP contribution is -2.42. The Bertz CT molecular complexity index is 641. The van der Waals surface area contributed by atoms with Gasteiger partial charge < -0.3 is 9.47 Å². The summed E-state index contributed by atoms with van der Waals surface area (Å²) in [6, 6.07) is 7.85. The fourth-order valence-corrected chi connectivity index (χ4v) is 3.07. The summed E-state index contributed by atoms with van der Waals surface area (Å²) < 4.78 is 10.4. The van der Waals surface area contributed by atoms with Crippen molar-refractivity contribution in [3.8, 4) is 0 Å². The summed E-state index contributed by atoms with van der Waals surface area (Å²) in [7, 11) is 0. The van der Waals surface area contributed by atoms with E-state index in [0.29, 0.717) is 4.91 Å². The van der Waals surface area contributed by atoms with Crippen LogP contribution in [0.2, 0.25) is 0 Å². The van der Waals surface area contributed by atoms with Gasteiger partial charge in [-0.2, -0.15) is 0 Å². The zero-order valence-corrected chi connectivity index (χ0v) is 15.2. The molecule has 0 unspecified atom stereocenters. The van der Waals surface area contributed by atoms with Crippen LogP contribution in [-0.2, 0) is 24.5 Å². The summed E-state index contributed by atoms with van der Waals surface area (Å²) in [6.07, 6.45) is 1.82. The minimum atomic E-state index is -1.22. The van der Waals surface area contributed by atoms with E-state index in [4.69, 9.17) is 9.47 Å². The highest BCUT2D eigenvalue weighted by molar-refractivity contribution is 8.07. The zero-order valence-electron chi connectivity index (χ0n) is 14.4. The third-order valence-corrected chi connectivity index (χ3v) is 4.38. The van der Waals surface area contributed by atoms with E-state index in [2.05, 4.69) is 20.8 Å². The van der Waals surface area contributed by atoms with Crippen LogP contribution in [0.25, 0.3) is 4.91 Å². The zero-order chi connectivity index (χ0) is 17.4. The number of thioether (sulfide) groups is 1. The highest BCUT2D eigenvalue weighted by Gasteiger charge is 2.41. The highest BCUT2D eigenvalue weighted by atomic mass is 32.2. The average Bonchev–Trinajstić information content (AvgIpc) is 2.41. The van der Waals surface area contributed by atoms with Gasteiger partial charge in [0.25, 0.3) is 5.79 Å². The fraction of sp³-hybridized carbons (Fsp3) is 0.444. The molecule has 0 atom stereocenters. The van der Waals surface area contributed by atoms with Crippen LogP contribution in [-0.4, -0.2) is 24.0 Å². The number of carbonyl (C=O) groups excluding carboxylic acids is 2. The second-order valence-electron chi connectivity index (χ2n) is 6.91. The molecule has 1 aromatic carbocycles. The molecular weight excluding hydrogens is 312 g/mol. The quantitative estimate of drug-likeness (QED) is 0.466. The molecule has 5 heteroatoms. The predicted molar refractivity (Wildman–Crippen MR) is 91.8 cm³/mol. The molecule has 1 heterocycles. The lowest BCUT2D eigenvalue weighted by Gasteiger charge is -2.30. The van der Waals surface area contributed by atoms with E-state index in [0.717, 1.165) is 5.56 Å². The van der Waals surface area contributed by atoms with Crippen molar-refractivity contribution in [2.75, 3.05) is 6.26 Å². The Morgan fingerprint density at radius 1 is 1.00 bits per heavy atom. The van der Waals surface area contributed by atoms with Gasteiger partial charge in [0.1, 0.15) is 0 Å². The van der Waals surface area contributed by atoms with Crippen molar-refractivity contribution in [2.24, 2.45) is 0 Å². The lowest BCUT2D eigenvalue weighted by atomic mass is 9.86. The first-order chi connectivity index (χ1) is 10.5. The van der Waals surface area contributed by atoms with Crippen molar-refractivity contribution in [1.29, 1.82) is 0 Å². The number of esters is 2. The van der Waals surface area contributed by atoms with Crippen LogP contribution in [0.1, 0.15) is 45.7 Å². The average molecular weight is 334 g/mol. The Kier molecular flexibility index (Phi) is 4.62. The van der Waals surface area contributed by atoms with Gasteiger partial charge >= 0.3 is 11.9 Å². The molecule has 124 valence electrons. The summed E-state index contributed by atoms with van der Waals surface area (Å²) in [6.45, 7) is 9.47. The molecule has 0 spiro atoms. The second-order valence-corrected chi connectivity index (χ2v) is 7.73. The van der Waals surface area contributed by atoms with Crippen molar-refractivity contribution < 1.29 is 19.1 Å². The smallest absolute Gasteiger partial charge is 0.350 e. The maximum absolute atomic E-state index is 12.2. The summed E-state index contributed by atoms with van der Waals surface area (Å²) in [5.41, 5.74) is 1.98. The van der Waals surface area contributed by atoms with Gasteiger partial charge in [-0.15, -0.1) is 11.8 Å². The molecule has 0 aromatic heterocycles. The van der Waals surface area contributed by atoms with Crippen molar-refractivity contribution in [3.05, 3.63) is 41.0 Å². The monoisotopic (exact) mass is 334 g/mol. The topological polar surface area (TPSA) is 52.6 Å². The molecule has 0 radical (unpaired) electrons. The molecule has 0 N–H and O–H groups in total. The molecule has 23 heavy (non-hydrogen) atoms. The van der Waals surface area contributed by atoms with Gasteiger partial charge in [-0.1, -0.05) is 45.0 Å². The van der Waals surface area contributed by atoms with Crippen LogP contribution in [0.5, 0.6) is 0 Å². The second kappa shape index (κ2) is 6.04. The van der Waals surface area contributed by atoms with E-state index in [1.165, 1.54) is 31.2 Å². The van der Waals surface area contributed by atoms with Gasteiger partial charge in [-0.05, 0) is 22.8 Å². The van der Waals surface area contributed by atoms with Crippen LogP contribution in [0.15, 0.2) is 29.8 Å². The van der Waals surface area contributed by atoms with Gasteiger partial charge in [0.15, 0.2) is 5.57 Å². The number of cyclic esters (lactones) is 2. The largest absolute Gasteiger partial charge is 0.419 e. The van der Waals surface area contributed by atoms with Crippen molar-refractivity contribution in [2.45, 2.75) is 45.8 Å². The normalized spacial score (nSPS) is 17.6.